The van der Waals surface area contributed by atoms with Crippen molar-refractivity contribution < 1.29 is 0 Å². The number of nitrogens with zero attached hydrogens (tertiary/aromatic N) is 1. The molecule has 1 aliphatic heterocycles. The number of hydrogen-bond acceptors (Lipinski definition) is 2. The zero-order valence-corrected chi connectivity index (χ0v) is 15.2. The second kappa shape index (κ2) is 6.58. The van der Waals surface area contributed by atoms with Crippen molar-refractivity contribution in [1.29, 1.82) is 0 Å². The Morgan fingerprint density at radius 2 is 1.57 bits per heavy atom. The normalized spacial score (nSPS) is 26.7. The van der Waals surface area contributed by atoms with E-state index in [4.69, 9.17) is 0 Å². The monoisotopic (exact) mass is 294 g/mol. The lowest BCUT2D eigenvalue weighted by molar-refractivity contribution is 0.128. The topological polar surface area (TPSA) is 15.3 Å². The van der Waals surface area contributed by atoms with Crippen LogP contribution in [0.3, 0.4) is 0 Å². The molecule has 0 aromatic carbocycles. The minimum atomic E-state index is 0.240. The molecule has 2 rings (SSSR count). The maximum atomic E-state index is 3.83. The van der Waals surface area contributed by atoms with Crippen molar-refractivity contribution in [2.24, 2.45) is 10.8 Å². The zero-order valence-electron chi connectivity index (χ0n) is 15.2. The number of nitrogens with one attached hydrogen (secondary N) is 1. The van der Waals surface area contributed by atoms with E-state index in [9.17, 15) is 0 Å². The Hall–Kier alpha value is -0.0800. The Balaban J connectivity index is 2.01. The van der Waals surface area contributed by atoms with Crippen molar-refractivity contribution >= 4 is 0 Å². The first kappa shape index (κ1) is 17.3. The largest absolute Gasteiger partial charge is 0.311 e. The van der Waals surface area contributed by atoms with Gasteiger partial charge >= 0.3 is 0 Å². The smallest absolute Gasteiger partial charge is 0.00967 e. The van der Waals surface area contributed by atoms with Crippen molar-refractivity contribution in [2.75, 3.05) is 26.2 Å². The molecule has 1 N–H and O–H groups in total. The second-order valence-corrected chi connectivity index (χ2v) is 9.64. The summed E-state index contributed by atoms with van der Waals surface area (Å²) < 4.78 is 0. The van der Waals surface area contributed by atoms with Gasteiger partial charge in [-0.2, -0.15) is 0 Å². The molecule has 21 heavy (non-hydrogen) atoms. The lowest BCUT2D eigenvalue weighted by Crippen LogP contribution is -2.48. The molecule has 1 saturated heterocycles. The van der Waals surface area contributed by atoms with E-state index in [-0.39, 0.29) is 5.54 Å². The SMILES string of the molecule is CC1(C)CCN(CC2(CNC(C)(C)C)CCCCCC2)C1. The van der Waals surface area contributed by atoms with Crippen LogP contribution in [0.25, 0.3) is 0 Å². The van der Waals surface area contributed by atoms with E-state index in [1.165, 1.54) is 71.1 Å². The summed E-state index contributed by atoms with van der Waals surface area (Å²) in [5, 5.41) is 3.83. The summed E-state index contributed by atoms with van der Waals surface area (Å²) in [5.41, 5.74) is 1.29. The highest BCUT2D eigenvalue weighted by molar-refractivity contribution is 4.92. The van der Waals surface area contributed by atoms with E-state index in [0.29, 0.717) is 10.8 Å². The number of rotatable bonds is 4. The van der Waals surface area contributed by atoms with Crippen molar-refractivity contribution in [1.82, 2.24) is 10.2 Å². The van der Waals surface area contributed by atoms with Gasteiger partial charge in [0, 0.05) is 25.2 Å². The first-order chi connectivity index (χ1) is 9.70. The van der Waals surface area contributed by atoms with Crippen LogP contribution in [0.15, 0.2) is 0 Å². The first-order valence-corrected chi connectivity index (χ1v) is 9.17. The fraction of sp³-hybridized carbons (Fsp3) is 1.00. The van der Waals surface area contributed by atoms with Crippen LogP contribution >= 0.6 is 0 Å². The minimum absolute atomic E-state index is 0.240. The number of hydrogen-bond donors (Lipinski definition) is 1. The minimum Gasteiger partial charge on any atom is -0.311 e. The average molecular weight is 295 g/mol. The molecule has 2 fully saturated rings. The zero-order chi connectivity index (χ0) is 15.6. The summed E-state index contributed by atoms with van der Waals surface area (Å²) in [7, 11) is 0. The van der Waals surface area contributed by atoms with Crippen LogP contribution in [0.1, 0.15) is 79.6 Å². The molecular formula is C19H38N2. The molecule has 0 radical (unpaired) electrons. The molecule has 1 heterocycles. The molecule has 0 spiro atoms. The summed E-state index contributed by atoms with van der Waals surface area (Å²) in [6.45, 7) is 16.9. The van der Waals surface area contributed by atoms with Gasteiger partial charge in [0.25, 0.3) is 0 Å². The van der Waals surface area contributed by atoms with Crippen LogP contribution in [0, 0.1) is 10.8 Å². The van der Waals surface area contributed by atoms with Crippen molar-refractivity contribution in [3.05, 3.63) is 0 Å². The van der Waals surface area contributed by atoms with E-state index in [0.717, 1.165) is 0 Å². The van der Waals surface area contributed by atoms with E-state index >= 15 is 0 Å². The van der Waals surface area contributed by atoms with Gasteiger partial charge in [-0.1, -0.05) is 39.5 Å². The van der Waals surface area contributed by atoms with Gasteiger partial charge in [-0.05, 0) is 57.4 Å². The quantitative estimate of drug-likeness (QED) is 0.771. The van der Waals surface area contributed by atoms with Gasteiger partial charge in [0.05, 0.1) is 0 Å². The predicted molar refractivity (Wildman–Crippen MR) is 92.7 cm³/mol. The van der Waals surface area contributed by atoms with Crippen molar-refractivity contribution in [3.8, 4) is 0 Å². The third-order valence-electron chi connectivity index (χ3n) is 5.47. The van der Waals surface area contributed by atoms with Crippen LogP contribution in [0.4, 0.5) is 0 Å². The summed E-state index contributed by atoms with van der Waals surface area (Å²) in [5.74, 6) is 0. The van der Waals surface area contributed by atoms with Gasteiger partial charge in [-0.15, -0.1) is 0 Å². The predicted octanol–water partition coefficient (Wildman–Crippen LogP) is 4.45. The molecule has 0 unspecified atom stereocenters. The Bertz CT molecular complexity index is 319. The summed E-state index contributed by atoms with van der Waals surface area (Å²) in [6, 6.07) is 0. The molecule has 2 nitrogen and oxygen atoms in total. The van der Waals surface area contributed by atoms with Gasteiger partial charge in [0.1, 0.15) is 0 Å². The molecule has 2 aliphatic rings. The van der Waals surface area contributed by atoms with Crippen LogP contribution in [-0.4, -0.2) is 36.6 Å². The highest BCUT2D eigenvalue weighted by atomic mass is 15.2. The lowest BCUT2D eigenvalue weighted by atomic mass is 9.79. The molecule has 2 heteroatoms. The van der Waals surface area contributed by atoms with Crippen LogP contribution < -0.4 is 5.32 Å². The van der Waals surface area contributed by atoms with Crippen LogP contribution in [-0.2, 0) is 0 Å². The maximum Gasteiger partial charge on any atom is 0.00967 e. The summed E-state index contributed by atoms with van der Waals surface area (Å²) >= 11 is 0. The van der Waals surface area contributed by atoms with Gasteiger partial charge < -0.3 is 10.2 Å². The van der Waals surface area contributed by atoms with Gasteiger partial charge in [-0.3, -0.25) is 0 Å². The highest BCUT2D eigenvalue weighted by Crippen LogP contribution is 2.38. The third-order valence-corrected chi connectivity index (χ3v) is 5.47. The maximum absolute atomic E-state index is 3.83. The molecule has 1 saturated carbocycles. The van der Waals surface area contributed by atoms with Crippen molar-refractivity contribution in [3.63, 3.8) is 0 Å². The molecule has 0 aromatic rings. The van der Waals surface area contributed by atoms with E-state index in [2.05, 4.69) is 44.8 Å². The lowest BCUT2D eigenvalue weighted by Gasteiger charge is -2.39. The standard InChI is InChI=1S/C19H38N2/c1-17(2,3)20-14-19(10-8-6-7-9-11-19)16-21-13-12-18(4,5)15-21/h20H,6-16H2,1-5H3. The van der Waals surface area contributed by atoms with Crippen LogP contribution in [0.2, 0.25) is 0 Å². The van der Waals surface area contributed by atoms with Gasteiger partial charge in [-0.25, -0.2) is 0 Å². The van der Waals surface area contributed by atoms with E-state index in [1.807, 2.05) is 0 Å². The third kappa shape index (κ3) is 5.56. The molecule has 1 aliphatic carbocycles. The second-order valence-electron chi connectivity index (χ2n) is 9.64. The van der Waals surface area contributed by atoms with Crippen LogP contribution in [0.5, 0.6) is 0 Å². The van der Waals surface area contributed by atoms with Crippen molar-refractivity contribution in [2.45, 2.75) is 85.1 Å². The Morgan fingerprint density at radius 1 is 0.952 bits per heavy atom. The van der Waals surface area contributed by atoms with Gasteiger partial charge in [0.15, 0.2) is 0 Å². The molecule has 0 atom stereocenters. The summed E-state index contributed by atoms with van der Waals surface area (Å²) in [6.07, 6.45) is 9.98. The highest BCUT2D eigenvalue weighted by Gasteiger charge is 2.37. The Labute approximate surface area is 133 Å². The fourth-order valence-corrected chi connectivity index (χ4v) is 4.16. The Morgan fingerprint density at radius 3 is 2.05 bits per heavy atom. The fourth-order valence-electron chi connectivity index (χ4n) is 4.16. The molecule has 0 aromatic heterocycles. The molecule has 0 bridgehead atoms. The van der Waals surface area contributed by atoms with E-state index in [1.54, 1.807) is 0 Å². The first-order valence-electron chi connectivity index (χ1n) is 9.17. The number of likely N-dealkylation sites (tertiary alicyclic amines) is 1. The Kier molecular flexibility index (Phi) is 5.41. The summed E-state index contributed by atoms with van der Waals surface area (Å²) in [4.78, 5) is 2.76. The molecule has 0 amide bonds. The molecular weight excluding hydrogens is 256 g/mol. The molecule has 124 valence electrons. The van der Waals surface area contributed by atoms with E-state index < -0.39 is 0 Å². The van der Waals surface area contributed by atoms with Gasteiger partial charge in [0.2, 0.25) is 0 Å². The average Bonchev–Trinajstić information content (AvgIpc) is 2.58.